The Morgan fingerprint density at radius 3 is 2.57 bits per heavy atom. The smallest absolute Gasteiger partial charge is 0.401 e. The van der Waals surface area contributed by atoms with E-state index in [0.717, 1.165) is 0 Å². The average molecular weight is 303 g/mol. The van der Waals surface area contributed by atoms with Gasteiger partial charge in [-0.15, -0.1) is 0 Å². The summed E-state index contributed by atoms with van der Waals surface area (Å²) >= 11 is 0. The molecule has 1 aliphatic heterocycles. The van der Waals surface area contributed by atoms with Gasteiger partial charge in [0.15, 0.2) is 5.84 Å². The number of oxime groups is 1. The summed E-state index contributed by atoms with van der Waals surface area (Å²) in [5, 5.41) is 11.7. The van der Waals surface area contributed by atoms with E-state index in [0.29, 0.717) is 37.4 Å². The summed E-state index contributed by atoms with van der Waals surface area (Å²) in [6.07, 6.45) is -1.11. The number of nitrogens with zero attached hydrogens (tertiary/aromatic N) is 4. The van der Waals surface area contributed by atoms with E-state index in [1.54, 1.807) is 12.3 Å². The molecule has 0 aliphatic carbocycles. The normalized spacial score (nSPS) is 18.0. The highest BCUT2D eigenvalue weighted by Crippen LogP contribution is 2.22. The van der Waals surface area contributed by atoms with E-state index in [9.17, 15) is 13.2 Å². The van der Waals surface area contributed by atoms with Gasteiger partial charge in [-0.1, -0.05) is 5.16 Å². The summed E-state index contributed by atoms with van der Waals surface area (Å²) in [7, 11) is 0. The molecule has 1 aromatic heterocycles. The van der Waals surface area contributed by atoms with E-state index in [2.05, 4.69) is 10.1 Å². The van der Waals surface area contributed by atoms with Crippen LogP contribution in [0.3, 0.4) is 0 Å². The molecular weight excluding hydrogens is 287 g/mol. The quantitative estimate of drug-likeness (QED) is 0.375. The number of pyridine rings is 1. The standard InChI is InChI=1S/C12H16F3N5O/c13-12(14,15)8-19-3-5-20(6-4-19)10-7-17-2-1-9(10)11(16)18-21/h1-2,7,21H,3-6,8H2,(H2,16,18). The molecule has 0 radical (unpaired) electrons. The number of piperazine rings is 1. The first-order chi connectivity index (χ1) is 9.90. The minimum atomic E-state index is -4.18. The predicted octanol–water partition coefficient (Wildman–Crippen LogP) is 0.860. The van der Waals surface area contributed by atoms with Gasteiger partial charge in [-0.3, -0.25) is 9.88 Å². The number of halogens is 3. The van der Waals surface area contributed by atoms with Crippen LogP contribution in [0.5, 0.6) is 0 Å². The Kier molecular flexibility index (Phi) is 4.51. The van der Waals surface area contributed by atoms with Crippen LogP contribution >= 0.6 is 0 Å². The van der Waals surface area contributed by atoms with Crippen LogP contribution in [-0.4, -0.2) is 59.8 Å². The lowest BCUT2D eigenvalue weighted by atomic mass is 10.1. The number of rotatable bonds is 3. The fraction of sp³-hybridized carbons (Fsp3) is 0.500. The fourth-order valence-electron chi connectivity index (χ4n) is 2.31. The monoisotopic (exact) mass is 303 g/mol. The topological polar surface area (TPSA) is 78.0 Å². The molecule has 1 aromatic rings. The van der Waals surface area contributed by atoms with E-state index in [4.69, 9.17) is 10.9 Å². The number of anilines is 1. The van der Waals surface area contributed by atoms with Crippen LogP contribution in [0.1, 0.15) is 5.56 Å². The molecule has 9 heteroatoms. The lowest BCUT2D eigenvalue weighted by molar-refractivity contribution is -0.146. The molecule has 3 N–H and O–H groups in total. The summed E-state index contributed by atoms with van der Waals surface area (Å²) in [6.45, 7) is 0.538. The second kappa shape index (κ2) is 6.17. The Balaban J connectivity index is 2.06. The van der Waals surface area contributed by atoms with Crippen LogP contribution in [-0.2, 0) is 0 Å². The van der Waals surface area contributed by atoms with E-state index in [1.165, 1.54) is 11.1 Å². The summed E-state index contributed by atoms with van der Waals surface area (Å²) in [6, 6.07) is 1.60. The van der Waals surface area contributed by atoms with Crippen molar-refractivity contribution in [2.45, 2.75) is 6.18 Å². The lowest BCUT2D eigenvalue weighted by Crippen LogP contribution is -2.49. The molecule has 116 valence electrons. The van der Waals surface area contributed by atoms with Crippen LogP contribution in [0, 0.1) is 0 Å². The van der Waals surface area contributed by atoms with Crippen molar-refractivity contribution in [2.24, 2.45) is 10.9 Å². The van der Waals surface area contributed by atoms with E-state index < -0.39 is 12.7 Å². The van der Waals surface area contributed by atoms with Gasteiger partial charge >= 0.3 is 6.18 Å². The van der Waals surface area contributed by atoms with Gasteiger partial charge in [-0.25, -0.2) is 0 Å². The van der Waals surface area contributed by atoms with Crippen molar-refractivity contribution in [1.82, 2.24) is 9.88 Å². The third kappa shape index (κ3) is 3.97. The molecule has 0 aromatic carbocycles. The van der Waals surface area contributed by atoms with Gasteiger partial charge in [0.25, 0.3) is 0 Å². The maximum Gasteiger partial charge on any atom is 0.401 e. The largest absolute Gasteiger partial charge is 0.409 e. The van der Waals surface area contributed by atoms with Crippen molar-refractivity contribution in [3.63, 3.8) is 0 Å². The van der Waals surface area contributed by atoms with Gasteiger partial charge in [0.1, 0.15) is 0 Å². The van der Waals surface area contributed by atoms with Crippen molar-refractivity contribution < 1.29 is 18.4 Å². The molecule has 1 saturated heterocycles. The second-order valence-corrected chi connectivity index (χ2v) is 4.76. The van der Waals surface area contributed by atoms with Crippen LogP contribution < -0.4 is 10.6 Å². The number of nitrogens with two attached hydrogens (primary N) is 1. The minimum Gasteiger partial charge on any atom is -0.409 e. The van der Waals surface area contributed by atoms with Crippen LogP contribution in [0.15, 0.2) is 23.6 Å². The summed E-state index contributed by atoms with van der Waals surface area (Å²) in [4.78, 5) is 7.23. The molecule has 6 nitrogen and oxygen atoms in total. The molecule has 0 atom stereocenters. The molecule has 0 unspecified atom stereocenters. The second-order valence-electron chi connectivity index (χ2n) is 4.76. The average Bonchev–Trinajstić information content (AvgIpc) is 2.45. The number of hydrogen-bond acceptors (Lipinski definition) is 5. The number of amidine groups is 1. The van der Waals surface area contributed by atoms with Crippen molar-refractivity contribution >= 4 is 11.5 Å². The molecule has 1 aliphatic rings. The molecular formula is C12H16F3N5O. The zero-order valence-electron chi connectivity index (χ0n) is 11.2. The minimum absolute atomic E-state index is 0.0508. The van der Waals surface area contributed by atoms with Crippen molar-refractivity contribution in [3.8, 4) is 0 Å². The number of aromatic nitrogens is 1. The molecule has 0 amide bonds. The Labute approximate surface area is 119 Å². The third-order valence-electron chi connectivity index (χ3n) is 3.30. The van der Waals surface area contributed by atoms with Crippen LogP contribution in [0.4, 0.5) is 18.9 Å². The number of alkyl halides is 3. The van der Waals surface area contributed by atoms with E-state index in [1.807, 2.05) is 4.90 Å². The van der Waals surface area contributed by atoms with Crippen LogP contribution in [0.2, 0.25) is 0 Å². The highest BCUT2D eigenvalue weighted by molar-refractivity contribution is 6.02. The summed E-state index contributed by atoms with van der Waals surface area (Å²) < 4.78 is 37.1. The molecule has 0 spiro atoms. The molecule has 0 saturated carbocycles. The maximum atomic E-state index is 12.4. The SMILES string of the molecule is N/C(=N/O)c1ccncc1N1CCN(CC(F)(F)F)CC1. The third-order valence-corrected chi connectivity index (χ3v) is 3.30. The first-order valence-corrected chi connectivity index (χ1v) is 6.36. The zero-order chi connectivity index (χ0) is 15.5. The van der Waals surface area contributed by atoms with Gasteiger partial charge < -0.3 is 15.8 Å². The van der Waals surface area contributed by atoms with Gasteiger partial charge in [-0.05, 0) is 6.07 Å². The van der Waals surface area contributed by atoms with Gasteiger partial charge in [-0.2, -0.15) is 13.2 Å². The predicted molar refractivity (Wildman–Crippen MR) is 71.5 cm³/mol. The molecule has 1 fully saturated rings. The summed E-state index contributed by atoms with van der Waals surface area (Å²) in [5.74, 6) is -0.0508. The van der Waals surface area contributed by atoms with Crippen LogP contribution in [0.25, 0.3) is 0 Å². The number of hydrogen-bond donors (Lipinski definition) is 2. The lowest BCUT2D eigenvalue weighted by Gasteiger charge is -2.36. The molecule has 0 bridgehead atoms. The molecule has 2 rings (SSSR count). The zero-order valence-corrected chi connectivity index (χ0v) is 11.2. The van der Waals surface area contributed by atoms with Gasteiger partial charge in [0, 0.05) is 37.9 Å². The van der Waals surface area contributed by atoms with Crippen molar-refractivity contribution in [2.75, 3.05) is 37.6 Å². The molecule has 21 heavy (non-hydrogen) atoms. The fourth-order valence-corrected chi connectivity index (χ4v) is 2.31. The first-order valence-electron chi connectivity index (χ1n) is 6.36. The van der Waals surface area contributed by atoms with Gasteiger partial charge in [0.2, 0.25) is 0 Å². The molecule has 2 heterocycles. The van der Waals surface area contributed by atoms with E-state index in [-0.39, 0.29) is 5.84 Å². The Morgan fingerprint density at radius 2 is 2.00 bits per heavy atom. The Bertz CT molecular complexity index is 512. The Hall–Kier alpha value is -2.03. The van der Waals surface area contributed by atoms with Gasteiger partial charge in [0.05, 0.1) is 18.4 Å². The van der Waals surface area contributed by atoms with Crippen molar-refractivity contribution in [3.05, 3.63) is 24.0 Å². The van der Waals surface area contributed by atoms with E-state index >= 15 is 0 Å². The highest BCUT2D eigenvalue weighted by atomic mass is 19.4. The maximum absolute atomic E-state index is 12.4. The Morgan fingerprint density at radius 1 is 1.33 bits per heavy atom. The summed E-state index contributed by atoms with van der Waals surface area (Å²) in [5.41, 5.74) is 6.76. The van der Waals surface area contributed by atoms with Crippen molar-refractivity contribution in [1.29, 1.82) is 0 Å². The highest BCUT2D eigenvalue weighted by Gasteiger charge is 2.32. The first kappa shape index (κ1) is 15.4.